The van der Waals surface area contributed by atoms with E-state index in [1.54, 1.807) is 35.2 Å². The normalized spacial score (nSPS) is 11.2. The van der Waals surface area contributed by atoms with Gasteiger partial charge in [-0.3, -0.25) is 25.2 Å². The van der Waals surface area contributed by atoms with E-state index in [0.29, 0.717) is 22.6 Å². The molecule has 13 heteroatoms. The predicted molar refractivity (Wildman–Crippen MR) is 108 cm³/mol. The van der Waals surface area contributed by atoms with Gasteiger partial charge in [0.25, 0.3) is 17.4 Å². The van der Waals surface area contributed by atoms with Gasteiger partial charge >= 0.3 is 6.18 Å². The van der Waals surface area contributed by atoms with Crippen molar-refractivity contribution in [3.05, 3.63) is 76.0 Å². The summed E-state index contributed by atoms with van der Waals surface area (Å²) >= 11 is 1.47. The number of hydrogen-bond donors (Lipinski definition) is 2. The molecule has 0 spiro atoms. The first-order valence-corrected chi connectivity index (χ1v) is 10.0. The van der Waals surface area contributed by atoms with Crippen LogP contribution >= 0.6 is 11.8 Å². The Bertz CT molecular complexity index is 1170. The van der Waals surface area contributed by atoms with Gasteiger partial charge < -0.3 is 9.13 Å². The van der Waals surface area contributed by atoms with Crippen molar-refractivity contribution in [1.29, 1.82) is 0 Å². The number of benzene rings is 1. The van der Waals surface area contributed by atoms with Crippen LogP contribution in [0.5, 0.6) is 0 Å². The van der Waals surface area contributed by atoms with Crippen LogP contribution in [-0.4, -0.2) is 31.1 Å². The van der Waals surface area contributed by atoms with E-state index in [0.717, 1.165) is 16.8 Å². The number of carbonyl (C=O) groups is 2. The number of aromatic nitrogens is 4. The summed E-state index contributed by atoms with van der Waals surface area (Å²) in [5, 5.41) is 8.50. The largest absolute Gasteiger partial charge is 0.417 e. The second-order valence-electron chi connectivity index (χ2n) is 6.59. The minimum atomic E-state index is -4.65. The van der Waals surface area contributed by atoms with Gasteiger partial charge in [0.15, 0.2) is 5.16 Å². The number of nitrogens with one attached hydrogen (secondary N) is 2. The van der Waals surface area contributed by atoms with Crippen molar-refractivity contribution >= 4 is 23.6 Å². The Labute approximate surface area is 183 Å². The maximum atomic E-state index is 12.8. The molecule has 2 N–H and O–H groups in total. The number of aryl methyl sites for hydroxylation is 1. The maximum absolute atomic E-state index is 12.8. The summed E-state index contributed by atoms with van der Waals surface area (Å²) in [7, 11) is 1.83. The third kappa shape index (κ3) is 5.97. The molecule has 3 aromatic rings. The fourth-order valence-electron chi connectivity index (χ4n) is 2.52. The highest BCUT2D eigenvalue weighted by Crippen LogP contribution is 2.28. The quantitative estimate of drug-likeness (QED) is 0.423. The number of amides is 2. The van der Waals surface area contributed by atoms with E-state index < -0.39 is 35.7 Å². The summed E-state index contributed by atoms with van der Waals surface area (Å²) in [6.45, 7) is -0.693. The van der Waals surface area contributed by atoms with Crippen LogP contribution in [0.1, 0.15) is 21.5 Å². The van der Waals surface area contributed by atoms with Gasteiger partial charge in [0, 0.05) is 30.6 Å². The van der Waals surface area contributed by atoms with Crippen molar-refractivity contribution < 1.29 is 22.8 Å². The molecular formula is C19H17F3N6O3S. The van der Waals surface area contributed by atoms with Gasteiger partial charge in [-0.2, -0.15) is 13.2 Å². The Morgan fingerprint density at radius 3 is 2.44 bits per heavy atom. The lowest BCUT2D eigenvalue weighted by atomic mass is 10.1. The molecular weight excluding hydrogens is 449 g/mol. The molecule has 1 aromatic carbocycles. The van der Waals surface area contributed by atoms with E-state index in [9.17, 15) is 27.6 Å². The number of carbonyl (C=O) groups excluding carboxylic acids is 2. The second kappa shape index (κ2) is 9.68. The molecule has 0 aliphatic carbocycles. The minimum Gasteiger partial charge on any atom is -0.312 e. The molecule has 2 aromatic heterocycles. The minimum absolute atomic E-state index is 0.258. The Kier molecular flexibility index (Phi) is 6.98. The summed E-state index contributed by atoms with van der Waals surface area (Å²) in [6, 6.07) is 7.95. The molecule has 0 unspecified atom stereocenters. The van der Waals surface area contributed by atoms with E-state index in [2.05, 4.69) is 21.0 Å². The Morgan fingerprint density at radius 2 is 1.81 bits per heavy atom. The van der Waals surface area contributed by atoms with Gasteiger partial charge in [0.1, 0.15) is 12.9 Å². The van der Waals surface area contributed by atoms with E-state index in [1.807, 2.05) is 7.05 Å². The SMILES string of the molecule is Cn1cnnc1SCc1ccc(C(=O)NNC(=O)Cn2cc(C(F)(F)F)ccc2=O)cc1. The molecule has 32 heavy (non-hydrogen) atoms. The highest BCUT2D eigenvalue weighted by atomic mass is 32.2. The average molecular weight is 466 g/mol. The Hall–Kier alpha value is -3.61. The summed E-state index contributed by atoms with van der Waals surface area (Å²) < 4.78 is 40.7. The first-order chi connectivity index (χ1) is 15.1. The molecule has 0 saturated heterocycles. The van der Waals surface area contributed by atoms with Gasteiger partial charge in [-0.25, -0.2) is 0 Å². The van der Waals surface area contributed by atoms with Crippen molar-refractivity contribution in [2.75, 3.05) is 0 Å². The fraction of sp³-hybridized carbons (Fsp3) is 0.211. The third-order valence-corrected chi connectivity index (χ3v) is 5.30. The lowest BCUT2D eigenvalue weighted by Gasteiger charge is -2.11. The number of hydrogen-bond acceptors (Lipinski definition) is 6. The first-order valence-electron chi connectivity index (χ1n) is 9.06. The Balaban J connectivity index is 1.52. The summed E-state index contributed by atoms with van der Waals surface area (Å²) in [5.41, 5.74) is 3.58. The van der Waals surface area contributed by atoms with Crippen LogP contribution in [-0.2, 0) is 30.3 Å². The van der Waals surface area contributed by atoms with Gasteiger partial charge in [-0.1, -0.05) is 23.9 Å². The summed E-state index contributed by atoms with van der Waals surface area (Å²) in [4.78, 5) is 35.8. The second-order valence-corrected chi connectivity index (χ2v) is 7.54. The fourth-order valence-corrected chi connectivity index (χ4v) is 3.36. The van der Waals surface area contributed by atoms with E-state index >= 15 is 0 Å². The molecule has 0 radical (unpaired) electrons. The number of thioether (sulfide) groups is 1. The Morgan fingerprint density at radius 1 is 1.09 bits per heavy atom. The van der Waals surface area contributed by atoms with Gasteiger partial charge in [0.05, 0.1) is 5.56 Å². The zero-order chi connectivity index (χ0) is 23.3. The zero-order valence-corrected chi connectivity index (χ0v) is 17.4. The van der Waals surface area contributed by atoms with Crippen LogP contribution in [0.15, 0.2) is 58.9 Å². The number of nitrogens with zero attached hydrogens (tertiary/aromatic N) is 4. The molecule has 3 rings (SSSR count). The van der Waals surface area contributed by atoms with Crippen molar-refractivity contribution in [3.8, 4) is 0 Å². The lowest BCUT2D eigenvalue weighted by Crippen LogP contribution is -2.44. The molecule has 2 heterocycles. The molecule has 168 valence electrons. The first kappa shape index (κ1) is 23.1. The number of alkyl halides is 3. The standard InChI is InChI=1S/C19H17F3N6O3S/c1-27-11-23-26-18(27)32-10-12-2-4-13(5-3-12)17(31)25-24-15(29)9-28-8-14(19(20,21)22)6-7-16(28)30/h2-8,11H,9-10H2,1H3,(H,24,29)(H,25,31). The van der Waals surface area contributed by atoms with E-state index in [-0.39, 0.29) is 5.56 Å². The summed E-state index contributed by atoms with van der Waals surface area (Å²) in [5.74, 6) is -0.879. The third-order valence-electron chi connectivity index (χ3n) is 4.19. The molecule has 0 bridgehead atoms. The van der Waals surface area contributed by atoms with Crippen LogP contribution in [0.4, 0.5) is 13.2 Å². The highest BCUT2D eigenvalue weighted by Gasteiger charge is 2.31. The number of pyridine rings is 1. The van der Waals surface area contributed by atoms with Crippen molar-refractivity contribution in [2.24, 2.45) is 7.05 Å². The smallest absolute Gasteiger partial charge is 0.312 e. The van der Waals surface area contributed by atoms with Crippen LogP contribution < -0.4 is 16.4 Å². The van der Waals surface area contributed by atoms with E-state index in [4.69, 9.17) is 0 Å². The predicted octanol–water partition coefficient (Wildman–Crippen LogP) is 1.75. The van der Waals surface area contributed by atoms with Crippen molar-refractivity contribution in [3.63, 3.8) is 0 Å². The van der Waals surface area contributed by atoms with Crippen LogP contribution in [0.2, 0.25) is 0 Å². The van der Waals surface area contributed by atoms with E-state index in [1.165, 1.54) is 11.8 Å². The van der Waals surface area contributed by atoms with Crippen LogP contribution in [0, 0.1) is 0 Å². The van der Waals surface area contributed by atoms with Crippen molar-refractivity contribution in [2.45, 2.75) is 23.6 Å². The van der Waals surface area contributed by atoms with Crippen LogP contribution in [0.25, 0.3) is 0 Å². The number of rotatable bonds is 6. The monoisotopic (exact) mass is 466 g/mol. The molecule has 9 nitrogen and oxygen atoms in total. The molecule has 0 aliphatic heterocycles. The van der Waals surface area contributed by atoms with Crippen molar-refractivity contribution in [1.82, 2.24) is 30.2 Å². The molecule has 0 atom stereocenters. The summed E-state index contributed by atoms with van der Waals surface area (Å²) in [6.07, 6.45) is -2.52. The maximum Gasteiger partial charge on any atom is 0.417 e. The van der Waals surface area contributed by atoms with Gasteiger partial charge in [-0.15, -0.1) is 10.2 Å². The number of hydrazine groups is 1. The molecule has 0 saturated carbocycles. The molecule has 2 amide bonds. The molecule has 0 aliphatic rings. The molecule has 0 fully saturated rings. The van der Waals surface area contributed by atoms with Gasteiger partial charge in [0.2, 0.25) is 0 Å². The highest BCUT2D eigenvalue weighted by molar-refractivity contribution is 7.98. The zero-order valence-electron chi connectivity index (χ0n) is 16.6. The number of halogens is 3. The van der Waals surface area contributed by atoms with Crippen LogP contribution in [0.3, 0.4) is 0 Å². The lowest BCUT2D eigenvalue weighted by molar-refractivity contribution is -0.138. The van der Waals surface area contributed by atoms with Gasteiger partial charge in [-0.05, 0) is 23.8 Å². The topological polar surface area (TPSA) is 111 Å². The average Bonchev–Trinajstić information content (AvgIpc) is 3.16.